The van der Waals surface area contributed by atoms with Crippen LogP contribution in [0.3, 0.4) is 0 Å². The number of hydrogen-bond acceptors (Lipinski definition) is 4. The molecule has 2 amide bonds. The van der Waals surface area contributed by atoms with Crippen LogP contribution in [0.25, 0.3) is 0 Å². The highest BCUT2D eigenvalue weighted by Gasteiger charge is 2.33. The van der Waals surface area contributed by atoms with Gasteiger partial charge in [0, 0.05) is 37.8 Å². The van der Waals surface area contributed by atoms with E-state index in [1.54, 1.807) is 24.1 Å². The number of carbonyl (C=O) groups excluding carboxylic acids is 2. The Kier molecular flexibility index (Phi) is 7.59. The fraction of sp³-hybridized carbons (Fsp3) is 0.440. The maximum atomic E-state index is 12.9. The van der Waals surface area contributed by atoms with Crippen LogP contribution in [0.15, 0.2) is 59.5 Å². The molecule has 1 fully saturated rings. The van der Waals surface area contributed by atoms with Gasteiger partial charge in [0.15, 0.2) is 0 Å². The van der Waals surface area contributed by atoms with Gasteiger partial charge in [-0.05, 0) is 42.7 Å². The van der Waals surface area contributed by atoms with Crippen molar-refractivity contribution < 1.29 is 18.0 Å². The topological polar surface area (TPSA) is 86.8 Å². The lowest BCUT2D eigenvalue weighted by atomic mass is 9.91. The second kappa shape index (κ2) is 10.1. The maximum absolute atomic E-state index is 12.9. The minimum atomic E-state index is -3.66. The van der Waals surface area contributed by atoms with Gasteiger partial charge in [0.2, 0.25) is 21.8 Å². The van der Waals surface area contributed by atoms with E-state index in [1.807, 2.05) is 51.1 Å². The number of sulfonamides is 1. The minimum absolute atomic E-state index is 0.0502. The van der Waals surface area contributed by atoms with Crippen LogP contribution in [0.4, 0.5) is 5.69 Å². The maximum Gasteiger partial charge on any atom is 0.243 e. The van der Waals surface area contributed by atoms with Crippen LogP contribution in [0.5, 0.6) is 0 Å². The van der Waals surface area contributed by atoms with Crippen LogP contribution in [0.1, 0.15) is 39.2 Å². The average Bonchev–Trinajstić information content (AvgIpc) is 2.79. The van der Waals surface area contributed by atoms with Crippen LogP contribution in [0, 0.1) is 11.3 Å². The summed E-state index contributed by atoms with van der Waals surface area (Å²) in [5.41, 5.74) is 0.954. The highest BCUT2D eigenvalue weighted by atomic mass is 32.2. The van der Waals surface area contributed by atoms with Crippen LogP contribution >= 0.6 is 0 Å². The largest absolute Gasteiger partial charge is 0.341 e. The normalized spacial score (nSPS) is 17.1. The zero-order chi connectivity index (χ0) is 24.2. The van der Waals surface area contributed by atoms with Gasteiger partial charge in [0.05, 0.1) is 10.8 Å². The number of amides is 2. The van der Waals surface area contributed by atoms with E-state index >= 15 is 0 Å². The van der Waals surface area contributed by atoms with E-state index in [2.05, 4.69) is 5.32 Å². The first-order chi connectivity index (χ1) is 15.5. The van der Waals surface area contributed by atoms with Gasteiger partial charge in [0.25, 0.3) is 0 Å². The summed E-state index contributed by atoms with van der Waals surface area (Å²) in [6.07, 6.45) is 1.50. The molecule has 0 bridgehead atoms. The molecule has 1 aliphatic rings. The molecule has 1 saturated heterocycles. The monoisotopic (exact) mass is 471 g/mol. The number of benzene rings is 2. The van der Waals surface area contributed by atoms with Gasteiger partial charge in [-0.1, -0.05) is 51.1 Å². The summed E-state index contributed by atoms with van der Waals surface area (Å²) >= 11 is 0. The summed E-state index contributed by atoms with van der Waals surface area (Å²) < 4.78 is 27.1. The summed E-state index contributed by atoms with van der Waals surface area (Å²) in [5.74, 6) is -0.391. The molecule has 0 spiro atoms. The molecule has 7 nitrogen and oxygen atoms in total. The van der Waals surface area contributed by atoms with Crippen molar-refractivity contribution in [3.63, 3.8) is 0 Å². The van der Waals surface area contributed by atoms with Crippen molar-refractivity contribution in [2.45, 2.75) is 45.1 Å². The molecule has 1 heterocycles. The molecular formula is C25H33N3O4S. The lowest BCUT2D eigenvalue weighted by Crippen LogP contribution is -2.47. The van der Waals surface area contributed by atoms with Gasteiger partial charge in [-0.15, -0.1) is 0 Å². The Morgan fingerprint density at radius 1 is 1.06 bits per heavy atom. The Balaban J connectivity index is 1.63. The summed E-state index contributed by atoms with van der Waals surface area (Å²) in [7, 11) is -2.11. The van der Waals surface area contributed by atoms with E-state index in [4.69, 9.17) is 0 Å². The fourth-order valence-corrected chi connectivity index (χ4v) is 5.07. The van der Waals surface area contributed by atoms with E-state index in [-0.39, 0.29) is 29.2 Å². The molecule has 1 atom stereocenters. The number of nitrogens with one attached hydrogen (secondary N) is 1. The molecule has 1 aliphatic heterocycles. The molecule has 3 rings (SSSR count). The van der Waals surface area contributed by atoms with E-state index in [1.165, 1.54) is 16.4 Å². The molecule has 1 unspecified atom stereocenters. The first kappa shape index (κ1) is 24.9. The van der Waals surface area contributed by atoms with Crippen molar-refractivity contribution in [2.24, 2.45) is 11.3 Å². The molecule has 0 saturated carbocycles. The predicted molar refractivity (Wildman–Crippen MR) is 129 cm³/mol. The Hall–Kier alpha value is -2.71. The molecule has 0 aromatic heterocycles. The minimum Gasteiger partial charge on any atom is -0.341 e. The first-order valence-electron chi connectivity index (χ1n) is 11.2. The lowest BCUT2D eigenvalue weighted by molar-refractivity contribution is -0.142. The zero-order valence-electron chi connectivity index (χ0n) is 19.7. The number of hydrogen-bond donors (Lipinski definition) is 1. The molecule has 8 heteroatoms. The van der Waals surface area contributed by atoms with Crippen LogP contribution < -0.4 is 5.32 Å². The van der Waals surface area contributed by atoms with Gasteiger partial charge in [-0.3, -0.25) is 9.59 Å². The molecule has 2 aromatic rings. The fourth-order valence-electron chi connectivity index (χ4n) is 3.91. The zero-order valence-corrected chi connectivity index (χ0v) is 20.6. The number of piperidine rings is 1. The lowest BCUT2D eigenvalue weighted by Gasteiger charge is -2.35. The second-order valence-corrected chi connectivity index (χ2v) is 11.6. The van der Waals surface area contributed by atoms with E-state index in [9.17, 15) is 18.0 Å². The highest BCUT2D eigenvalue weighted by Crippen LogP contribution is 2.25. The van der Waals surface area contributed by atoms with Gasteiger partial charge in [-0.2, -0.15) is 4.31 Å². The average molecular weight is 472 g/mol. The Labute approximate surface area is 196 Å². The van der Waals surface area contributed by atoms with Gasteiger partial charge in [0.1, 0.15) is 0 Å². The van der Waals surface area contributed by atoms with Crippen LogP contribution in [0.2, 0.25) is 0 Å². The third-order valence-electron chi connectivity index (χ3n) is 5.80. The van der Waals surface area contributed by atoms with Gasteiger partial charge < -0.3 is 10.2 Å². The smallest absolute Gasteiger partial charge is 0.243 e. The van der Waals surface area contributed by atoms with E-state index < -0.39 is 15.4 Å². The number of nitrogens with zero attached hydrogens (tertiary/aromatic N) is 2. The van der Waals surface area contributed by atoms with E-state index in [0.717, 1.165) is 18.4 Å². The molecule has 178 valence electrons. The number of likely N-dealkylation sites (tertiary alicyclic amines) is 1. The van der Waals surface area contributed by atoms with Crippen molar-refractivity contribution in [1.29, 1.82) is 0 Å². The Bertz CT molecular complexity index is 1080. The SMILES string of the molecule is CN(Cc1ccccc1)S(=O)(=O)c1ccc(NC(=O)C2CCCN(C(=O)C(C)(C)C)C2)cc1. The Morgan fingerprint density at radius 2 is 1.70 bits per heavy atom. The van der Waals surface area contributed by atoms with Crippen molar-refractivity contribution in [3.8, 4) is 0 Å². The van der Waals surface area contributed by atoms with Crippen molar-refractivity contribution >= 4 is 27.5 Å². The molecule has 1 N–H and O–H groups in total. The molecule has 0 aliphatic carbocycles. The third kappa shape index (κ3) is 6.21. The molecule has 2 aromatic carbocycles. The van der Waals surface area contributed by atoms with Crippen LogP contribution in [-0.2, 0) is 26.2 Å². The van der Waals surface area contributed by atoms with Gasteiger partial charge >= 0.3 is 0 Å². The number of anilines is 1. The third-order valence-corrected chi connectivity index (χ3v) is 7.62. The molecule has 33 heavy (non-hydrogen) atoms. The summed E-state index contributed by atoms with van der Waals surface area (Å²) in [6.45, 7) is 6.98. The molecule has 0 radical (unpaired) electrons. The van der Waals surface area contributed by atoms with Crippen LogP contribution in [-0.4, -0.2) is 49.6 Å². The van der Waals surface area contributed by atoms with E-state index in [0.29, 0.717) is 18.8 Å². The van der Waals surface area contributed by atoms with Gasteiger partial charge in [-0.25, -0.2) is 8.42 Å². The molecular weight excluding hydrogens is 438 g/mol. The predicted octanol–water partition coefficient (Wildman–Crippen LogP) is 3.73. The van der Waals surface area contributed by atoms with Crippen molar-refractivity contribution in [2.75, 3.05) is 25.5 Å². The summed E-state index contributed by atoms with van der Waals surface area (Å²) in [5, 5.41) is 2.87. The standard InChI is InChI=1S/C25H33N3O4S/c1-25(2,3)24(30)28-16-8-11-20(18-28)23(29)26-21-12-14-22(15-13-21)33(31,32)27(4)17-19-9-6-5-7-10-19/h5-7,9-10,12-15,20H,8,11,16-18H2,1-4H3,(H,26,29). The number of carbonyl (C=O) groups is 2. The van der Waals surface area contributed by atoms with Crippen molar-refractivity contribution in [3.05, 3.63) is 60.2 Å². The summed E-state index contributed by atoms with van der Waals surface area (Å²) in [4.78, 5) is 27.3. The summed E-state index contributed by atoms with van der Waals surface area (Å²) in [6, 6.07) is 15.6. The second-order valence-electron chi connectivity index (χ2n) is 9.60. The van der Waals surface area contributed by atoms with Crippen molar-refractivity contribution in [1.82, 2.24) is 9.21 Å². The first-order valence-corrected chi connectivity index (χ1v) is 12.6. The Morgan fingerprint density at radius 3 is 2.30 bits per heavy atom. The quantitative estimate of drug-likeness (QED) is 0.696. The number of rotatable bonds is 6. The highest BCUT2D eigenvalue weighted by molar-refractivity contribution is 7.89.